The second-order valence-electron chi connectivity index (χ2n) is 11.3. The molecule has 6 rings (SSSR count). The minimum absolute atomic E-state index is 1.11. The summed E-state index contributed by atoms with van der Waals surface area (Å²) >= 11 is 0. The predicted octanol–water partition coefficient (Wildman–Crippen LogP) is 10.2. The summed E-state index contributed by atoms with van der Waals surface area (Å²) < 4.78 is 0. The number of hydrogen-bond acceptors (Lipinski definition) is 2. The summed E-state index contributed by atoms with van der Waals surface area (Å²) in [7, 11) is 0. The van der Waals surface area contributed by atoms with Crippen molar-refractivity contribution >= 4 is 53.2 Å². The summed E-state index contributed by atoms with van der Waals surface area (Å²) in [5, 5.41) is 0. The number of anilines is 6. The Bertz CT molecular complexity index is 1830. The maximum atomic E-state index is 2.37. The molecule has 6 aromatic carbocycles. The fraction of sp³-hybridized carbons (Fsp3) is 0.100. The molecule has 44 heavy (non-hydrogen) atoms. The van der Waals surface area contributed by atoms with Crippen LogP contribution in [0.1, 0.15) is 16.7 Å². The molecule has 2 nitrogen and oxygen atoms in total. The van der Waals surface area contributed by atoms with Gasteiger partial charge in [0, 0.05) is 0 Å². The van der Waals surface area contributed by atoms with Crippen LogP contribution in [-0.4, -0.2) is 13.6 Å². The molecule has 0 aliphatic carbocycles. The maximum absolute atomic E-state index is 2.37. The molecule has 0 aliphatic heterocycles. The van der Waals surface area contributed by atoms with Crippen molar-refractivity contribution in [2.24, 2.45) is 0 Å². The summed E-state index contributed by atoms with van der Waals surface area (Å²) in [6, 6.07) is 52.7. The van der Waals surface area contributed by atoms with E-state index in [0.717, 1.165) is 45.3 Å². The summed E-state index contributed by atoms with van der Waals surface area (Å²) in [5.74, 6) is 0. The molecule has 0 radical (unpaired) electrons. The normalized spacial score (nSPS) is 10.7. The van der Waals surface area contributed by atoms with Crippen molar-refractivity contribution in [3.8, 4) is 11.1 Å². The molecule has 0 fully saturated rings. The molecule has 0 unspecified atom stereocenters. The van der Waals surface area contributed by atoms with Crippen molar-refractivity contribution in [3.63, 3.8) is 0 Å². The molecule has 0 bridgehead atoms. The molecule has 0 saturated carbocycles. The van der Waals surface area contributed by atoms with Gasteiger partial charge >= 0.3 is 215 Å². The van der Waals surface area contributed by atoms with E-state index in [4.69, 9.17) is 0 Å². The average molecular weight is 566 g/mol. The molecule has 0 amide bonds. The SMILES string of the molecule is CB=Bc1ccc(N(c2ccc(C)cc2)c2ccccc2-c2ccccc2N(c2ccc(C)cc2)c2ccc(C)cc2)cc1. The fourth-order valence-electron chi connectivity index (χ4n) is 5.66. The van der Waals surface area contributed by atoms with Gasteiger partial charge in [-0.3, -0.25) is 0 Å². The van der Waals surface area contributed by atoms with Crippen LogP contribution in [0.5, 0.6) is 0 Å². The van der Waals surface area contributed by atoms with Gasteiger partial charge in [-0.25, -0.2) is 0 Å². The quantitative estimate of drug-likeness (QED) is 0.169. The Morgan fingerprint density at radius 2 is 0.705 bits per heavy atom. The zero-order valence-electron chi connectivity index (χ0n) is 25.9. The van der Waals surface area contributed by atoms with Crippen molar-refractivity contribution in [3.05, 3.63) is 162 Å². The van der Waals surface area contributed by atoms with Gasteiger partial charge in [0.05, 0.1) is 0 Å². The Kier molecular flexibility index (Phi) is 8.70. The Hall–Kier alpha value is -4.95. The standard InChI is InChI=1S/C40H36B2N2/c1-29-13-21-33(22-14-29)43(34-23-15-30(2)16-24-34)39-11-7-5-9-37(39)38-10-6-8-12-40(38)44(35-25-17-31(3)18-26-35)36-27-19-32(20-28-36)42-41-4/h5-28H,1-4H3. The van der Waals surface area contributed by atoms with Crippen LogP contribution in [0.15, 0.2) is 146 Å². The molecule has 4 heteroatoms. The van der Waals surface area contributed by atoms with Gasteiger partial charge in [-0.05, 0) is 13.8 Å². The van der Waals surface area contributed by atoms with E-state index >= 15 is 0 Å². The summed E-state index contributed by atoms with van der Waals surface area (Å²) in [6.45, 7) is 12.7. The first-order valence-electron chi connectivity index (χ1n) is 15.2. The first-order valence-corrected chi connectivity index (χ1v) is 15.2. The molecule has 0 aliphatic rings. The van der Waals surface area contributed by atoms with Gasteiger partial charge in [-0.15, -0.1) is 0 Å². The number of benzene rings is 6. The number of hydrogen-bond donors (Lipinski definition) is 0. The van der Waals surface area contributed by atoms with E-state index < -0.39 is 0 Å². The minimum atomic E-state index is 1.11. The number of aryl methyl sites for hydroxylation is 3. The number of para-hydroxylation sites is 2. The molecule has 0 spiro atoms. The van der Waals surface area contributed by atoms with Gasteiger partial charge < -0.3 is 0 Å². The van der Waals surface area contributed by atoms with Crippen LogP contribution in [0, 0.1) is 20.8 Å². The van der Waals surface area contributed by atoms with E-state index in [1.165, 1.54) is 22.2 Å². The van der Waals surface area contributed by atoms with Crippen molar-refractivity contribution in [2.45, 2.75) is 27.6 Å². The summed E-state index contributed by atoms with van der Waals surface area (Å²) in [6.07, 6.45) is 0. The van der Waals surface area contributed by atoms with Gasteiger partial charge in [-0.1, -0.05) is 35.4 Å². The Morgan fingerprint density at radius 3 is 1.05 bits per heavy atom. The third-order valence-electron chi connectivity index (χ3n) is 7.97. The van der Waals surface area contributed by atoms with E-state index in [1.54, 1.807) is 0 Å². The predicted molar refractivity (Wildman–Crippen MR) is 192 cm³/mol. The van der Waals surface area contributed by atoms with E-state index in [-0.39, 0.29) is 0 Å². The molecule has 0 atom stereocenters. The summed E-state index contributed by atoms with van der Waals surface area (Å²) in [5.41, 5.74) is 13.9. The van der Waals surface area contributed by atoms with Crippen LogP contribution >= 0.6 is 0 Å². The van der Waals surface area contributed by atoms with E-state index in [2.05, 4.69) is 197 Å². The monoisotopic (exact) mass is 566 g/mol. The Morgan fingerprint density at radius 1 is 0.386 bits per heavy atom. The molecular weight excluding hydrogens is 530 g/mol. The number of nitrogens with zero attached hydrogens (tertiary/aromatic N) is 2. The van der Waals surface area contributed by atoms with E-state index in [1.807, 2.05) is 0 Å². The molecular formula is C40H36B2N2. The van der Waals surface area contributed by atoms with Crippen molar-refractivity contribution in [2.75, 3.05) is 9.80 Å². The van der Waals surface area contributed by atoms with Crippen molar-refractivity contribution in [1.82, 2.24) is 0 Å². The molecule has 0 N–H and O–H groups in total. The van der Waals surface area contributed by atoms with E-state index in [0.29, 0.717) is 0 Å². The first kappa shape index (κ1) is 29.1. The molecule has 6 aromatic rings. The van der Waals surface area contributed by atoms with Crippen molar-refractivity contribution in [1.29, 1.82) is 0 Å². The van der Waals surface area contributed by atoms with Crippen LogP contribution < -0.4 is 15.3 Å². The van der Waals surface area contributed by atoms with Gasteiger partial charge in [0.2, 0.25) is 0 Å². The Labute approximate surface area is 263 Å². The first-order chi connectivity index (χ1) is 21.5. The molecule has 0 saturated heterocycles. The third-order valence-corrected chi connectivity index (χ3v) is 7.97. The summed E-state index contributed by atoms with van der Waals surface area (Å²) in [4.78, 5) is 4.74. The van der Waals surface area contributed by atoms with Crippen LogP contribution in [0.2, 0.25) is 6.82 Å². The number of rotatable bonds is 8. The van der Waals surface area contributed by atoms with Crippen LogP contribution in [0.3, 0.4) is 0 Å². The second kappa shape index (κ2) is 13.1. The van der Waals surface area contributed by atoms with Gasteiger partial charge in [0.1, 0.15) is 0 Å². The second-order valence-corrected chi connectivity index (χ2v) is 11.3. The third kappa shape index (κ3) is 6.21. The van der Waals surface area contributed by atoms with Crippen LogP contribution in [0.4, 0.5) is 34.1 Å². The van der Waals surface area contributed by atoms with Crippen LogP contribution in [0.25, 0.3) is 11.1 Å². The van der Waals surface area contributed by atoms with E-state index in [9.17, 15) is 0 Å². The fourth-order valence-corrected chi connectivity index (χ4v) is 5.66. The molecule has 0 heterocycles. The topological polar surface area (TPSA) is 6.48 Å². The van der Waals surface area contributed by atoms with Crippen LogP contribution in [-0.2, 0) is 0 Å². The van der Waals surface area contributed by atoms with Gasteiger partial charge in [0.15, 0.2) is 0 Å². The zero-order valence-corrected chi connectivity index (χ0v) is 25.9. The zero-order chi connectivity index (χ0) is 30.5. The Balaban J connectivity index is 1.56. The van der Waals surface area contributed by atoms with Crippen molar-refractivity contribution < 1.29 is 0 Å². The van der Waals surface area contributed by atoms with Gasteiger partial charge in [0.25, 0.3) is 0 Å². The average Bonchev–Trinajstić information content (AvgIpc) is 3.05. The van der Waals surface area contributed by atoms with Gasteiger partial charge in [-0.2, -0.15) is 0 Å². The molecule has 0 aromatic heterocycles. The molecule has 212 valence electrons.